The summed E-state index contributed by atoms with van der Waals surface area (Å²) >= 11 is 0. The normalized spacial score (nSPS) is 10.0. The Labute approximate surface area is 111 Å². The second-order valence-electron chi connectivity index (χ2n) is 4.68. The number of nitriles is 1. The summed E-state index contributed by atoms with van der Waals surface area (Å²) in [7, 11) is 0. The number of rotatable bonds is 9. The van der Waals surface area contributed by atoms with E-state index in [0.29, 0.717) is 6.54 Å². The van der Waals surface area contributed by atoms with Crippen molar-refractivity contribution >= 4 is 5.69 Å². The number of para-hydroxylation sites is 1. The molecule has 0 aliphatic carbocycles. The number of nitrogens with zero attached hydrogens (tertiary/aromatic N) is 2. The van der Waals surface area contributed by atoms with Crippen molar-refractivity contribution in [2.24, 2.45) is 0 Å². The van der Waals surface area contributed by atoms with Crippen LogP contribution in [0.25, 0.3) is 0 Å². The van der Waals surface area contributed by atoms with Crippen LogP contribution in [0.4, 0.5) is 5.69 Å². The first-order valence-electron chi connectivity index (χ1n) is 7.05. The minimum atomic E-state index is 0.485. The summed E-state index contributed by atoms with van der Waals surface area (Å²) in [5.41, 5.74) is 1.16. The molecule has 0 radical (unpaired) electrons. The average Bonchev–Trinajstić information content (AvgIpc) is 2.42. The molecule has 0 bridgehead atoms. The van der Waals surface area contributed by atoms with Crippen LogP contribution in [0.1, 0.15) is 45.4 Å². The van der Waals surface area contributed by atoms with Gasteiger partial charge in [0.15, 0.2) is 0 Å². The SMILES string of the molecule is CCCCCCCCN(CC#N)c1ccccc1. The highest BCUT2D eigenvalue weighted by atomic mass is 15.1. The van der Waals surface area contributed by atoms with Crippen molar-refractivity contribution in [1.29, 1.82) is 5.26 Å². The third-order valence-electron chi connectivity index (χ3n) is 3.16. The Morgan fingerprint density at radius 1 is 1.00 bits per heavy atom. The number of anilines is 1. The third kappa shape index (κ3) is 5.72. The maximum Gasteiger partial charge on any atom is 0.105 e. The zero-order valence-electron chi connectivity index (χ0n) is 11.4. The number of hydrogen-bond donors (Lipinski definition) is 0. The van der Waals surface area contributed by atoms with Crippen molar-refractivity contribution in [3.8, 4) is 6.07 Å². The Hall–Kier alpha value is -1.49. The quantitative estimate of drug-likeness (QED) is 0.476. The van der Waals surface area contributed by atoms with E-state index in [9.17, 15) is 0 Å². The maximum atomic E-state index is 8.88. The van der Waals surface area contributed by atoms with Crippen LogP contribution in [-0.4, -0.2) is 13.1 Å². The van der Waals surface area contributed by atoms with E-state index in [0.717, 1.165) is 12.2 Å². The van der Waals surface area contributed by atoms with Gasteiger partial charge in [-0.1, -0.05) is 57.2 Å². The highest BCUT2D eigenvalue weighted by Gasteiger charge is 2.04. The van der Waals surface area contributed by atoms with E-state index >= 15 is 0 Å². The maximum absolute atomic E-state index is 8.88. The van der Waals surface area contributed by atoms with Gasteiger partial charge in [-0.05, 0) is 18.6 Å². The lowest BCUT2D eigenvalue weighted by molar-refractivity contribution is 0.603. The molecule has 18 heavy (non-hydrogen) atoms. The van der Waals surface area contributed by atoms with Gasteiger partial charge in [0.2, 0.25) is 0 Å². The Morgan fingerprint density at radius 3 is 2.33 bits per heavy atom. The van der Waals surface area contributed by atoms with Crippen LogP contribution < -0.4 is 4.90 Å². The molecule has 0 unspecified atom stereocenters. The van der Waals surface area contributed by atoms with Crippen molar-refractivity contribution in [2.45, 2.75) is 45.4 Å². The second kappa shape index (κ2) is 9.53. The molecular formula is C16H24N2. The van der Waals surface area contributed by atoms with Crippen molar-refractivity contribution in [1.82, 2.24) is 0 Å². The molecule has 0 saturated heterocycles. The summed E-state index contributed by atoms with van der Waals surface area (Å²) in [6.07, 6.45) is 7.77. The topological polar surface area (TPSA) is 27.0 Å². The number of unbranched alkanes of at least 4 members (excludes halogenated alkanes) is 5. The minimum Gasteiger partial charge on any atom is -0.358 e. The summed E-state index contributed by atoms with van der Waals surface area (Å²) in [5.74, 6) is 0. The van der Waals surface area contributed by atoms with E-state index < -0.39 is 0 Å². The molecule has 2 heteroatoms. The summed E-state index contributed by atoms with van der Waals surface area (Å²) in [5, 5.41) is 8.88. The molecule has 1 aromatic rings. The Morgan fingerprint density at radius 2 is 1.67 bits per heavy atom. The minimum absolute atomic E-state index is 0.485. The van der Waals surface area contributed by atoms with Gasteiger partial charge >= 0.3 is 0 Å². The molecule has 0 N–H and O–H groups in total. The fraction of sp³-hybridized carbons (Fsp3) is 0.562. The van der Waals surface area contributed by atoms with E-state index in [2.05, 4.69) is 30.0 Å². The van der Waals surface area contributed by atoms with Gasteiger partial charge < -0.3 is 4.90 Å². The first-order chi connectivity index (χ1) is 8.88. The molecule has 0 spiro atoms. The average molecular weight is 244 g/mol. The van der Waals surface area contributed by atoms with Crippen molar-refractivity contribution < 1.29 is 0 Å². The van der Waals surface area contributed by atoms with Gasteiger partial charge in [0, 0.05) is 12.2 Å². The molecule has 1 aromatic carbocycles. The van der Waals surface area contributed by atoms with E-state index in [1.54, 1.807) is 0 Å². The molecule has 1 rings (SSSR count). The molecule has 98 valence electrons. The highest BCUT2D eigenvalue weighted by Crippen LogP contribution is 2.14. The fourth-order valence-electron chi connectivity index (χ4n) is 2.11. The Kier molecular flexibility index (Phi) is 7.72. The molecule has 0 fully saturated rings. The number of benzene rings is 1. The molecular weight excluding hydrogens is 220 g/mol. The molecule has 0 aliphatic heterocycles. The molecule has 0 amide bonds. The van der Waals surface area contributed by atoms with Crippen molar-refractivity contribution in [2.75, 3.05) is 18.0 Å². The molecule has 0 aliphatic rings. The van der Waals surface area contributed by atoms with Crippen LogP contribution in [0.2, 0.25) is 0 Å². The summed E-state index contributed by atoms with van der Waals surface area (Å²) in [6.45, 7) is 3.72. The lowest BCUT2D eigenvalue weighted by Crippen LogP contribution is -2.24. The lowest BCUT2D eigenvalue weighted by Gasteiger charge is -2.21. The van der Waals surface area contributed by atoms with Gasteiger partial charge in [0.1, 0.15) is 6.54 Å². The van der Waals surface area contributed by atoms with E-state index in [1.807, 2.05) is 18.2 Å². The Bertz CT molecular complexity index is 340. The first kappa shape index (κ1) is 14.6. The van der Waals surface area contributed by atoms with E-state index in [-0.39, 0.29) is 0 Å². The van der Waals surface area contributed by atoms with Crippen molar-refractivity contribution in [3.05, 3.63) is 30.3 Å². The largest absolute Gasteiger partial charge is 0.358 e. The van der Waals surface area contributed by atoms with Gasteiger partial charge in [-0.2, -0.15) is 5.26 Å². The standard InChI is InChI=1S/C16H24N2/c1-2-3-4-5-6-10-14-18(15-13-17)16-11-8-7-9-12-16/h7-9,11-12H,2-6,10,14-15H2,1H3. The summed E-state index contributed by atoms with van der Waals surface area (Å²) < 4.78 is 0. The van der Waals surface area contributed by atoms with Crippen molar-refractivity contribution in [3.63, 3.8) is 0 Å². The monoisotopic (exact) mass is 244 g/mol. The van der Waals surface area contributed by atoms with Crippen LogP contribution in [0.5, 0.6) is 0 Å². The van der Waals surface area contributed by atoms with E-state index in [4.69, 9.17) is 5.26 Å². The van der Waals surface area contributed by atoms with Gasteiger partial charge in [-0.3, -0.25) is 0 Å². The smallest absolute Gasteiger partial charge is 0.105 e. The zero-order chi connectivity index (χ0) is 13.1. The van der Waals surface area contributed by atoms with Crippen LogP contribution >= 0.6 is 0 Å². The number of hydrogen-bond acceptors (Lipinski definition) is 2. The predicted octanol–water partition coefficient (Wildman–Crippen LogP) is 4.38. The van der Waals surface area contributed by atoms with Crippen LogP contribution in [0.3, 0.4) is 0 Å². The molecule has 0 atom stereocenters. The summed E-state index contributed by atoms with van der Waals surface area (Å²) in [4.78, 5) is 2.17. The highest BCUT2D eigenvalue weighted by molar-refractivity contribution is 5.46. The second-order valence-corrected chi connectivity index (χ2v) is 4.68. The van der Waals surface area contributed by atoms with E-state index in [1.165, 1.54) is 38.5 Å². The molecule has 0 aromatic heterocycles. The Balaban J connectivity index is 2.29. The fourth-order valence-corrected chi connectivity index (χ4v) is 2.11. The zero-order valence-corrected chi connectivity index (χ0v) is 11.4. The van der Waals surface area contributed by atoms with Gasteiger partial charge in [-0.25, -0.2) is 0 Å². The van der Waals surface area contributed by atoms with Gasteiger partial charge in [-0.15, -0.1) is 0 Å². The van der Waals surface area contributed by atoms with Crippen LogP contribution in [0.15, 0.2) is 30.3 Å². The summed E-state index contributed by atoms with van der Waals surface area (Å²) in [6, 6.07) is 12.5. The molecule has 0 saturated carbocycles. The third-order valence-corrected chi connectivity index (χ3v) is 3.16. The van der Waals surface area contributed by atoms with Gasteiger partial charge in [0.05, 0.1) is 6.07 Å². The predicted molar refractivity (Wildman–Crippen MR) is 77.6 cm³/mol. The lowest BCUT2D eigenvalue weighted by atomic mass is 10.1. The first-order valence-corrected chi connectivity index (χ1v) is 7.05. The van der Waals surface area contributed by atoms with Gasteiger partial charge in [0.25, 0.3) is 0 Å². The van der Waals surface area contributed by atoms with Crippen LogP contribution in [0, 0.1) is 11.3 Å². The molecule has 0 heterocycles. The van der Waals surface area contributed by atoms with Crippen LogP contribution in [-0.2, 0) is 0 Å². The molecule has 2 nitrogen and oxygen atoms in total.